The Morgan fingerprint density at radius 2 is 1.76 bits per heavy atom. The van der Waals surface area contributed by atoms with Gasteiger partial charge in [0.2, 0.25) is 0 Å². The Kier molecular flexibility index (Phi) is 4.36. The Morgan fingerprint density at radius 1 is 1.04 bits per heavy atom. The molecular formula is C21H27N3O. The maximum atomic E-state index is 13.3. The smallest absolute Gasteiger partial charge is 0.274 e. The largest absolute Gasteiger partial charge is 0.334 e. The van der Waals surface area contributed by atoms with E-state index in [1.54, 1.807) is 0 Å². The highest BCUT2D eigenvalue weighted by Gasteiger charge is 2.37. The van der Waals surface area contributed by atoms with E-state index in [0.717, 1.165) is 36.6 Å². The molecule has 1 aliphatic heterocycles. The monoisotopic (exact) mass is 337 g/mol. The number of benzene rings is 1. The molecule has 2 unspecified atom stereocenters. The molecule has 1 saturated carbocycles. The first kappa shape index (κ1) is 16.4. The van der Waals surface area contributed by atoms with Gasteiger partial charge < -0.3 is 9.47 Å². The molecule has 4 rings (SSSR count). The number of nitrogens with zero attached hydrogens (tertiary/aromatic N) is 3. The van der Waals surface area contributed by atoms with Gasteiger partial charge in [0.25, 0.3) is 5.91 Å². The van der Waals surface area contributed by atoms with E-state index in [0.29, 0.717) is 17.7 Å². The summed E-state index contributed by atoms with van der Waals surface area (Å²) in [4.78, 5) is 20.1. The number of likely N-dealkylation sites (tertiary alicyclic amines) is 1. The molecule has 2 atom stereocenters. The van der Waals surface area contributed by atoms with Crippen LogP contribution in [0.1, 0.15) is 60.5 Å². The third kappa shape index (κ3) is 2.88. The molecule has 1 aromatic carbocycles. The summed E-state index contributed by atoms with van der Waals surface area (Å²) in [6.07, 6.45) is 7.43. The van der Waals surface area contributed by atoms with Gasteiger partial charge in [0.05, 0.1) is 5.69 Å². The molecule has 0 spiro atoms. The molecule has 0 N–H and O–H groups in total. The summed E-state index contributed by atoms with van der Waals surface area (Å²) in [6, 6.07) is 10.6. The van der Waals surface area contributed by atoms with Crippen LogP contribution in [0.4, 0.5) is 0 Å². The molecule has 4 heteroatoms. The number of para-hydroxylation sites is 1. The molecule has 0 bridgehead atoms. The zero-order chi connectivity index (χ0) is 17.4. The number of hydrogen-bond donors (Lipinski definition) is 0. The Labute approximate surface area is 149 Å². The highest BCUT2D eigenvalue weighted by atomic mass is 16.2. The molecular weight excluding hydrogens is 310 g/mol. The Balaban J connectivity index is 1.67. The van der Waals surface area contributed by atoms with E-state index >= 15 is 0 Å². The number of rotatable bonds is 2. The summed E-state index contributed by atoms with van der Waals surface area (Å²) in [7, 11) is 0. The Morgan fingerprint density at radius 3 is 2.56 bits per heavy atom. The van der Waals surface area contributed by atoms with Crippen LogP contribution in [0.2, 0.25) is 0 Å². The lowest BCUT2D eigenvalue weighted by Crippen LogP contribution is -2.49. The van der Waals surface area contributed by atoms with Crippen LogP contribution < -0.4 is 0 Å². The zero-order valence-electron chi connectivity index (χ0n) is 15.2. The van der Waals surface area contributed by atoms with E-state index in [2.05, 4.69) is 26.6 Å². The van der Waals surface area contributed by atoms with Gasteiger partial charge in [0.1, 0.15) is 11.5 Å². The average molecular weight is 337 g/mol. The first-order valence-corrected chi connectivity index (χ1v) is 9.59. The lowest BCUT2D eigenvalue weighted by Gasteiger charge is -2.44. The van der Waals surface area contributed by atoms with Gasteiger partial charge in [-0.3, -0.25) is 4.79 Å². The number of carbonyl (C=O) groups is 1. The molecule has 4 nitrogen and oxygen atoms in total. The Hall–Kier alpha value is -2.10. The molecule has 1 aromatic heterocycles. The fourth-order valence-electron chi connectivity index (χ4n) is 4.81. The van der Waals surface area contributed by atoms with Gasteiger partial charge in [-0.1, -0.05) is 31.0 Å². The summed E-state index contributed by atoms with van der Waals surface area (Å²) in [6.45, 7) is 4.88. The maximum absolute atomic E-state index is 13.3. The fourth-order valence-corrected chi connectivity index (χ4v) is 4.81. The van der Waals surface area contributed by atoms with Crippen LogP contribution in [-0.2, 0) is 0 Å². The van der Waals surface area contributed by atoms with Crippen LogP contribution in [0, 0.1) is 19.8 Å². The highest BCUT2D eigenvalue weighted by molar-refractivity contribution is 5.94. The predicted octanol–water partition coefficient (Wildman–Crippen LogP) is 4.28. The van der Waals surface area contributed by atoms with Crippen molar-refractivity contribution in [3.05, 3.63) is 47.5 Å². The summed E-state index contributed by atoms with van der Waals surface area (Å²) in [5, 5.41) is 0. The van der Waals surface area contributed by atoms with Crippen molar-refractivity contribution in [2.45, 2.75) is 58.4 Å². The molecule has 132 valence electrons. The normalized spacial score (nSPS) is 23.4. The van der Waals surface area contributed by atoms with Gasteiger partial charge >= 0.3 is 0 Å². The van der Waals surface area contributed by atoms with Crippen LogP contribution in [0.3, 0.4) is 0 Å². The van der Waals surface area contributed by atoms with E-state index in [1.165, 1.54) is 25.7 Å². The van der Waals surface area contributed by atoms with E-state index < -0.39 is 0 Å². The van der Waals surface area contributed by atoms with Crippen molar-refractivity contribution in [1.82, 2.24) is 14.5 Å². The topological polar surface area (TPSA) is 38.1 Å². The van der Waals surface area contributed by atoms with Gasteiger partial charge in [-0.25, -0.2) is 4.98 Å². The average Bonchev–Trinajstić information content (AvgIpc) is 2.95. The quantitative estimate of drug-likeness (QED) is 0.820. The third-order valence-corrected chi connectivity index (χ3v) is 6.00. The van der Waals surface area contributed by atoms with Crippen LogP contribution in [-0.4, -0.2) is 32.9 Å². The van der Waals surface area contributed by atoms with Crippen LogP contribution in [0.25, 0.3) is 5.69 Å². The van der Waals surface area contributed by atoms with Crippen LogP contribution in [0.5, 0.6) is 0 Å². The SMILES string of the molecule is Cc1nc(C(=O)N2CCCC3CCCCC32)c(C)n1-c1ccccc1. The second-order valence-electron chi connectivity index (χ2n) is 7.52. The lowest BCUT2D eigenvalue weighted by atomic mass is 9.78. The summed E-state index contributed by atoms with van der Waals surface area (Å²) < 4.78 is 2.09. The van der Waals surface area contributed by atoms with E-state index in [9.17, 15) is 4.79 Å². The fraction of sp³-hybridized carbons (Fsp3) is 0.524. The Bertz CT molecular complexity index is 763. The number of fused-ring (bicyclic) bond motifs is 1. The molecule has 2 fully saturated rings. The highest BCUT2D eigenvalue weighted by Crippen LogP contribution is 2.36. The van der Waals surface area contributed by atoms with Crippen molar-refractivity contribution in [3.63, 3.8) is 0 Å². The molecule has 1 amide bonds. The number of imidazole rings is 1. The predicted molar refractivity (Wildman–Crippen MR) is 99.1 cm³/mol. The standard InChI is InChI=1S/C21H27N3O/c1-15-20(22-16(2)24(15)18-11-4-3-5-12-18)21(25)23-14-8-10-17-9-6-7-13-19(17)23/h3-5,11-12,17,19H,6-10,13-14H2,1-2H3. The van der Waals surface area contributed by atoms with Gasteiger partial charge in [-0.2, -0.15) is 0 Å². The second-order valence-corrected chi connectivity index (χ2v) is 7.52. The maximum Gasteiger partial charge on any atom is 0.274 e. The molecule has 25 heavy (non-hydrogen) atoms. The summed E-state index contributed by atoms with van der Waals surface area (Å²) in [5.74, 6) is 1.71. The lowest BCUT2D eigenvalue weighted by molar-refractivity contribution is 0.0385. The minimum Gasteiger partial charge on any atom is -0.334 e. The van der Waals surface area contributed by atoms with Crippen molar-refractivity contribution in [2.24, 2.45) is 5.92 Å². The first-order valence-electron chi connectivity index (χ1n) is 9.59. The molecule has 1 aliphatic carbocycles. The number of aromatic nitrogens is 2. The third-order valence-electron chi connectivity index (χ3n) is 6.00. The van der Waals surface area contributed by atoms with Crippen molar-refractivity contribution in [2.75, 3.05) is 6.54 Å². The minimum atomic E-state index is 0.131. The minimum absolute atomic E-state index is 0.131. The molecule has 0 radical (unpaired) electrons. The summed E-state index contributed by atoms with van der Waals surface area (Å²) in [5.41, 5.74) is 2.65. The van der Waals surface area contributed by atoms with Crippen LogP contribution in [0.15, 0.2) is 30.3 Å². The summed E-state index contributed by atoms with van der Waals surface area (Å²) >= 11 is 0. The molecule has 1 saturated heterocycles. The molecule has 2 aliphatic rings. The van der Waals surface area contributed by atoms with Gasteiger partial charge in [0.15, 0.2) is 0 Å². The van der Waals surface area contributed by atoms with Crippen molar-refractivity contribution < 1.29 is 4.79 Å². The van der Waals surface area contributed by atoms with E-state index in [-0.39, 0.29) is 5.91 Å². The van der Waals surface area contributed by atoms with E-state index in [1.807, 2.05) is 32.0 Å². The number of amides is 1. The van der Waals surface area contributed by atoms with Gasteiger partial charge in [0, 0.05) is 18.3 Å². The van der Waals surface area contributed by atoms with Gasteiger partial charge in [-0.15, -0.1) is 0 Å². The number of hydrogen-bond acceptors (Lipinski definition) is 2. The van der Waals surface area contributed by atoms with Crippen molar-refractivity contribution in [1.29, 1.82) is 0 Å². The second kappa shape index (κ2) is 6.66. The van der Waals surface area contributed by atoms with Crippen LogP contribution >= 0.6 is 0 Å². The van der Waals surface area contributed by atoms with Gasteiger partial charge in [-0.05, 0) is 57.6 Å². The molecule has 2 aromatic rings. The van der Waals surface area contributed by atoms with Crippen molar-refractivity contribution in [3.8, 4) is 5.69 Å². The molecule has 2 heterocycles. The number of aryl methyl sites for hydroxylation is 1. The van der Waals surface area contributed by atoms with Crippen molar-refractivity contribution >= 4 is 5.91 Å². The number of piperidine rings is 1. The first-order chi connectivity index (χ1) is 12.2. The zero-order valence-corrected chi connectivity index (χ0v) is 15.2. The van der Waals surface area contributed by atoms with E-state index in [4.69, 9.17) is 0 Å². The number of carbonyl (C=O) groups excluding carboxylic acids is 1.